The number of halogens is 1. The first-order valence-electron chi connectivity index (χ1n) is 4.86. The Morgan fingerprint density at radius 2 is 2.36 bits per heavy atom. The topological polar surface area (TPSA) is 12.0 Å². The highest BCUT2D eigenvalue weighted by Crippen LogP contribution is 2.25. The molecule has 1 N–H and O–H groups in total. The van der Waals surface area contributed by atoms with Gasteiger partial charge in [-0.05, 0) is 36.8 Å². The molecule has 1 aromatic carbocycles. The number of nitrogens with one attached hydrogen (secondary N) is 1. The zero-order valence-corrected chi connectivity index (χ0v) is 9.79. The maximum absolute atomic E-state index is 5.96. The van der Waals surface area contributed by atoms with Crippen LogP contribution in [0.15, 0.2) is 18.2 Å². The van der Waals surface area contributed by atoms with Gasteiger partial charge in [-0.2, -0.15) is 11.8 Å². The molecule has 1 saturated heterocycles. The summed E-state index contributed by atoms with van der Waals surface area (Å²) in [5.74, 6) is 2.49. The zero-order chi connectivity index (χ0) is 9.97. The van der Waals surface area contributed by atoms with Crippen molar-refractivity contribution >= 4 is 29.1 Å². The maximum Gasteiger partial charge on any atom is 0.0426 e. The van der Waals surface area contributed by atoms with Crippen LogP contribution in [0.1, 0.15) is 12.0 Å². The van der Waals surface area contributed by atoms with Gasteiger partial charge in [-0.15, -0.1) is 0 Å². The summed E-state index contributed by atoms with van der Waals surface area (Å²) in [5, 5.41) is 4.35. The first-order valence-corrected chi connectivity index (χ1v) is 6.39. The van der Waals surface area contributed by atoms with Crippen LogP contribution in [0.25, 0.3) is 0 Å². The van der Waals surface area contributed by atoms with E-state index >= 15 is 0 Å². The van der Waals surface area contributed by atoms with Crippen LogP contribution in [0.2, 0.25) is 5.02 Å². The number of anilines is 1. The second-order valence-corrected chi connectivity index (χ2v) is 5.25. The van der Waals surface area contributed by atoms with Gasteiger partial charge in [-0.25, -0.2) is 0 Å². The van der Waals surface area contributed by atoms with Crippen LogP contribution in [0, 0.1) is 6.92 Å². The van der Waals surface area contributed by atoms with Crippen LogP contribution in [0.5, 0.6) is 0 Å². The van der Waals surface area contributed by atoms with E-state index in [2.05, 4.69) is 18.3 Å². The lowest BCUT2D eigenvalue weighted by Gasteiger charge is -2.15. The van der Waals surface area contributed by atoms with Gasteiger partial charge >= 0.3 is 0 Å². The van der Waals surface area contributed by atoms with Crippen LogP contribution >= 0.6 is 23.4 Å². The minimum atomic E-state index is 0.622. The van der Waals surface area contributed by atoms with E-state index in [1.165, 1.54) is 29.2 Å². The summed E-state index contributed by atoms with van der Waals surface area (Å²) >= 11 is 7.97. The molecule has 2 rings (SSSR count). The second kappa shape index (κ2) is 4.45. The normalized spacial score (nSPS) is 21.1. The van der Waals surface area contributed by atoms with E-state index < -0.39 is 0 Å². The monoisotopic (exact) mass is 227 g/mol. The molecule has 1 aromatic rings. The highest BCUT2D eigenvalue weighted by molar-refractivity contribution is 7.99. The van der Waals surface area contributed by atoms with E-state index in [-0.39, 0.29) is 0 Å². The summed E-state index contributed by atoms with van der Waals surface area (Å²) in [4.78, 5) is 0. The van der Waals surface area contributed by atoms with E-state index in [4.69, 9.17) is 11.6 Å². The third-order valence-corrected chi connectivity index (χ3v) is 3.89. The summed E-state index contributed by atoms with van der Waals surface area (Å²) in [5.41, 5.74) is 2.45. The molecule has 0 bridgehead atoms. The molecule has 1 fully saturated rings. The van der Waals surface area contributed by atoms with E-state index in [0.717, 1.165) is 5.02 Å². The molecule has 0 aromatic heterocycles. The lowest BCUT2D eigenvalue weighted by atomic mass is 10.1. The molecule has 1 atom stereocenters. The van der Waals surface area contributed by atoms with Crippen molar-refractivity contribution in [1.29, 1.82) is 0 Å². The average molecular weight is 228 g/mol. The van der Waals surface area contributed by atoms with E-state index in [1.54, 1.807) is 0 Å². The fourth-order valence-corrected chi connectivity index (χ4v) is 2.94. The van der Waals surface area contributed by atoms with E-state index in [0.29, 0.717) is 6.04 Å². The molecule has 0 amide bonds. The molecule has 0 spiro atoms. The highest BCUT2D eigenvalue weighted by Gasteiger charge is 2.15. The first-order chi connectivity index (χ1) is 6.75. The Hall–Kier alpha value is -0.340. The predicted molar refractivity (Wildman–Crippen MR) is 65.5 cm³/mol. The number of thioether (sulfide) groups is 1. The minimum Gasteiger partial charge on any atom is -0.381 e. The van der Waals surface area contributed by atoms with Gasteiger partial charge < -0.3 is 5.32 Å². The number of rotatable bonds is 2. The zero-order valence-electron chi connectivity index (χ0n) is 8.22. The Balaban J connectivity index is 2.10. The Kier molecular flexibility index (Phi) is 3.24. The van der Waals surface area contributed by atoms with Crippen molar-refractivity contribution in [2.24, 2.45) is 0 Å². The third-order valence-electron chi connectivity index (χ3n) is 2.49. The minimum absolute atomic E-state index is 0.622. The van der Waals surface area contributed by atoms with Gasteiger partial charge in [0, 0.05) is 22.5 Å². The van der Waals surface area contributed by atoms with Crippen LogP contribution in [-0.4, -0.2) is 17.5 Å². The predicted octanol–water partition coefficient (Wildman–Crippen LogP) is 3.57. The van der Waals surface area contributed by atoms with Crippen molar-refractivity contribution in [3.8, 4) is 0 Å². The smallest absolute Gasteiger partial charge is 0.0426 e. The molecule has 14 heavy (non-hydrogen) atoms. The van der Waals surface area contributed by atoms with Crippen LogP contribution in [0.4, 0.5) is 5.69 Å². The van der Waals surface area contributed by atoms with Crippen LogP contribution in [0.3, 0.4) is 0 Å². The van der Waals surface area contributed by atoms with Gasteiger partial charge in [-0.1, -0.05) is 17.7 Å². The number of aryl methyl sites for hydroxylation is 1. The SMILES string of the molecule is Cc1ccc(Cl)cc1N[C@H]1CCSC1. The van der Waals surface area contributed by atoms with Crippen molar-refractivity contribution in [2.75, 3.05) is 16.8 Å². The van der Waals surface area contributed by atoms with Crippen molar-refractivity contribution < 1.29 is 0 Å². The summed E-state index contributed by atoms with van der Waals surface area (Å²) in [6.45, 7) is 2.11. The van der Waals surface area contributed by atoms with Gasteiger partial charge in [0.1, 0.15) is 0 Å². The fraction of sp³-hybridized carbons (Fsp3) is 0.455. The second-order valence-electron chi connectivity index (χ2n) is 3.66. The Bertz CT molecular complexity index is 321. The summed E-state index contributed by atoms with van der Waals surface area (Å²) in [6.07, 6.45) is 1.26. The summed E-state index contributed by atoms with van der Waals surface area (Å²) in [6, 6.07) is 6.63. The Labute approximate surface area is 94.2 Å². The van der Waals surface area contributed by atoms with Crippen molar-refractivity contribution in [1.82, 2.24) is 0 Å². The molecule has 76 valence electrons. The molecule has 0 saturated carbocycles. The highest BCUT2D eigenvalue weighted by atomic mass is 35.5. The van der Waals surface area contributed by atoms with Gasteiger partial charge in [0.25, 0.3) is 0 Å². The molecule has 0 unspecified atom stereocenters. The average Bonchev–Trinajstić information content (AvgIpc) is 2.64. The van der Waals surface area contributed by atoms with Gasteiger partial charge in [0.05, 0.1) is 0 Å². The number of benzene rings is 1. The Morgan fingerprint density at radius 3 is 3.07 bits per heavy atom. The molecule has 0 radical (unpaired) electrons. The molecule has 0 aliphatic carbocycles. The standard InChI is InChI=1S/C11H14ClNS/c1-8-2-3-9(12)6-11(8)13-10-4-5-14-7-10/h2-3,6,10,13H,4-5,7H2,1H3/t10-/m0/s1. The summed E-state index contributed by atoms with van der Waals surface area (Å²) < 4.78 is 0. The van der Waals surface area contributed by atoms with E-state index in [9.17, 15) is 0 Å². The van der Waals surface area contributed by atoms with E-state index in [1.807, 2.05) is 23.9 Å². The quantitative estimate of drug-likeness (QED) is 0.829. The maximum atomic E-state index is 5.96. The van der Waals surface area contributed by atoms with Gasteiger partial charge in [-0.3, -0.25) is 0 Å². The van der Waals surface area contributed by atoms with Crippen LogP contribution in [-0.2, 0) is 0 Å². The first kappa shape index (κ1) is 10.2. The molecular weight excluding hydrogens is 214 g/mol. The van der Waals surface area contributed by atoms with Crippen molar-refractivity contribution in [2.45, 2.75) is 19.4 Å². The van der Waals surface area contributed by atoms with Crippen LogP contribution < -0.4 is 5.32 Å². The number of hydrogen-bond acceptors (Lipinski definition) is 2. The largest absolute Gasteiger partial charge is 0.381 e. The number of hydrogen-bond donors (Lipinski definition) is 1. The molecule has 3 heteroatoms. The van der Waals surface area contributed by atoms with Crippen molar-refractivity contribution in [3.05, 3.63) is 28.8 Å². The lowest BCUT2D eigenvalue weighted by Crippen LogP contribution is -2.18. The molecule has 1 heterocycles. The van der Waals surface area contributed by atoms with Gasteiger partial charge in [0.2, 0.25) is 0 Å². The third kappa shape index (κ3) is 2.37. The molecular formula is C11H14ClNS. The molecule has 1 aliphatic heterocycles. The van der Waals surface area contributed by atoms with Crippen molar-refractivity contribution in [3.63, 3.8) is 0 Å². The lowest BCUT2D eigenvalue weighted by molar-refractivity contribution is 0.812. The fourth-order valence-electron chi connectivity index (χ4n) is 1.62. The summed E-state index contributed by atoms with van der Waals surface area (Å²) in [7, 11) is 0. The molecule has 1 nitrogen and oxygen atoms in total. The Morgan fingerprint density at radius 1 is 1.50 bits per heavy atom. The molecule has 1 aliphatic rings. The van der Waals surface area contributed by atoms with Gasteiger partial charge in [0.15, 0.2) is 0 Å².